The van der Waals surface area contributed by atoms with Gasteiger partial charge in [-0.1, -0.05) is 18.2 Å². The number of benzene rings is 1. The normalized spacial score (nSPS) is 31.6. The molecule has 20 heavy (non-hydrogen) atoms. The van der Waals surface area contributed by atoms with Crippen LogP contribution in [0.2, 0.25) is 0 Å². The Morgan fingerprint density at radius 3 is 2.20 bits per heavy atom. The van der Waals surface area contributed by atoms with Crippen molar-refractivity contribution in [2.24, 2.45) is 13.5 Å². The van der Waals surface area contributed by atoms with Crippen molar-refractivity contribution >= 4 is 23.3 Å². The van der Waals surface area contributed by atoms with Crippen LogP contribution in [0.3, 0.4) is 0 Å². The summed E-state index contributed by atoms with van der Waals surface area (Å²) in [4.78, 5) is 0. The Bertz CT molecular complexity index is 660. The lowest BCUT2D eigenvalue weighted by Crippen LogP contribution is -1.90. The zero-order chi connectivity index (χ0) is 14.9. The molecule has 0 bridgehead atoms. The van der Waals surface area contributed by atoms with Crippen molar-refractivity contribution in [3.8, 4) is 5.75 Å². The minimum Gasteiger partial charge on any atom is -0.419 e. The van der Waals surface area contributed by atoms with Crippen LogP contribution in [0.4, 0.5) is 16.8 Å². The fraction of sp³-hybridized carbons (Fsp3) is 0.250. The van der Waals surface area contributed by atoms with E-state index in [1.165, 1.54) is 31.2 Å². The van der Waals surface area contributed by atoms with Crippen molar-refractivity contribution in [1.82, 2.24) is 0 Å². The average Bonchev–Trinajstić information content (AvgIpc) is 2.25. The maximum absolute atomic E-state index is 14.3. The van der Waals surface area contributed by atoms with Crippen molar-refractivity contribution in [2.45, 2.75) is 6.92 Å². The molecule has 0 aromatic heterocycles. The molecule has 2 atom stereocenters. The molecule has 12 heteroatoms. The highest BCUT2D eigenvalue weighted by molar-refractivity contribution is 7.77. The van der Waals surface area contributed by atoms with Crippen molar-refractivity contribution in [3.63, 3.8) is 0 Å². The Labute approximate surface area is 113 Å². The molecule has 0 saturated carbocycles. The molecule has 0 spiro atoms. The van der Waals surface area contributed by atoms with Crippen molar-refractivity contribution < 1.29 is 25.8 Å². The molecule has 0 saturated heterocycles. The lowest BCUT2D eigenvalue weighted by Gasteiger charge is -2.20. The maximum atomic E-state index is 14.3. The highest BCUT2D eigenvalue weighted by atomic mass is 31.3. The van der Waals surface area contributed by atoms with E-state index in [4.69, 9.17) is 4.52 Å². The van der Waals surface area contributed by atoms with E-state index in [-0.39, 0.29) is 12.4 Å². The molecule has 1 aromatic carbocycles. The summed E-state index contributed by atoms with van der Waals surface area (Å²) in [6, 6.07) is 7.28. The molecule has 0 N–H and O–H groups in total. The van der Waals surface area contributed by atoms with Crippen LogP contribution >= 0.6 is 23.3 Å². The topological polar surface area (TPSA) is 55.5 Å². The molecular weight excluding hydrogens is 339 g/mol. The largest absolute Gasteiger partial charge is 0.441 e. The van der Waals surface area contributed by atoms with Crippen molar-refractivity contribution in [3.05, 3.63) is 30.3 Å². The standard InChI is InChI=1S/C8H10F4N3O2P3/c1-2-16-19(11)13-18(9,10)14-20(12,15-19)17-8-6-4-3-5-7-8/h3-7H,2H2,1H3. The van der Waals surface area contributed by atoms with E-state index in [1.807, 2.05) is 0 Å². The SMILES string of the molecule is CCOP1(F)=NP(F)(Oc2ccccc2)=NP(F)(F)=N1. The predicted molar refractivity (Wildman–Crippen MR) is 71.2 cm³/mol. The maximum Gasteiger partial charge on any atom is 0.441 e. The summed E-state index contributed by atoms with van der Waals surface area (Å²) >= 11 is 0. The first-order valence-corrected chi connectivity index (χ1v) is 9.83. The number of hydrogen-bond donors (Lipinski definition) is 0. The van der Waals surface area contributed by atoms with Gasteiger partial charge in [-0.05, 0) is 19.1 Å². The number of halogens is 4. The lowest BCUT2D eigenvalue weighted by molar-refractivity contribution is 0.347. The summed E-state index contributed by atoms with van der Waals surface area (Å²) in [6.07, 6.45) is 0. The quantitative estimate of drug-likeness (QED) is 0.442. The third kappa shape index (κ3) is 3.95. The molecule has 0 fully saturated rings. The van der Waals surface area contributed by atoms with E-state index in [2.05, 4.69) is 18.1 Å². The average molecular weight is 349 g/mol. The van der Waals surface area contributed by atoms with Crippen molar-refractivity contribution in [1.29, 1.82) is 0 Å². The first-order chi connectivity index (χ1) is 9.26. The van der Waals surface area contributed by atoms with E-state index in [0.29, 0.717) is 0 Å². The third-order valence-corrected chi connectivity index (χ3v) is 8.20. The molecule has 1 aromatic rings. The van der Waals surface area contributed by atoms with Crippen LogP contribution in [-0.4, -0.2) is 6.61 Å². The number of rotatable bonds is 4. The van der Waals surface area contributed by atoms with Crippen LogP contribution in [0, 0.1) is 0 Å². The molecule has 5 nitrogen and oxygen atoms in total. The van der Waals surface area contributed by atoms with Crippen LogP contribution in [0.5, 0.6) is 5.75 Å². The number of para-hydroxylation sites is 1. The monoisotopic (exact) mass is 349 g/mol. The van der Waals surface area contributed by atoms with Crippen LogP contribution in [-0.2, 0) is 4.52 Å². The summed E-state index contributed by atoms with van der Waals surface area (Å²) in [6.45, 7) is 1.10. The Morgan fingerprint density at radius 1 is 0.950 bits per heavy atom. The molecule has 0 amide bonds. The van der Waals surface area contributed by atoms with E-state index in [9.17, 15) is 16.8 Å². The summed E-state index contributed by atoms with van der Waals surface area (Å²) in [5.74, 6) is -0.0687. The summed E-state index contributed by atoms with van der Waals surface area (Å²) in [7, 11) is -15.1. The van der Waals surface area contributed by atoms with Gasteiger partial charge in [0.1, 0.15) is 5.75 Å². The summed E-state index contributed by atoms with van der Waals surface area (Å²) < 4.78 is 72.3. The van der Waals surface area contributed by atoms with Gasteiger partial charge in [-0.2, -0.15) is 4.20 Å². The van der Waals surface area contributed by atoms with E-state index in [0.717, 1.165) is 0 Å². The van der Waals surface area contributed by atoms with Gasteiger partial charge in [0.15, 0.2) is 0 Å². The molecule has 0 radical (unpaired) electrons. The second-order valence-corrected chi connectivity index (χ2v) is 8.88. The predicted octanol–water partition coefficient (Wildman–Crippen LogP) is 6.83. The van der Waals surface area contributed by atoms with Gasteiger partial charge >= 0.3 is 23.3 Å². The van der Waals surface area contributed by atoms with Crippen LogP contribution < -0.4 is 4.52 Å². The Kier molecular flexibility index (Phi) is 4.45. The summed E-state index contributed by atoms with van der Waals surface area (Å²) in [5, 5.41) is 0. The van der Waals surface area contributed by atoms with Crippen LogP contribution in [0.15, 0.2) is 43.9 Å². The van der Waals surface area contributed by atoms with Gasteiger partial charge in [0.2, 0.25) is 0 Å². The molecule has 1 aliphatic heterocycles. The molecule has 1 heterocycles. The zero-order valence-corrected chi connectivity index (χ0v) is 12.8. The summed E-state index contributed by atoms with van der Waals surface area (Å²) in [5.41, 5.74) is 0. The van der Waals surface area contributed by atoms with Gasteiger partial charge < -0.3 is 9.05 Å². The molecular formula is C8H10F4N3O2P3. The minimum absolute atomic E-state index is 0.0687. The Morgan fingerprint density at radius 2 is 1.60 bits per heavy atom. The molecule has 1 aliphatic rings. The highest BCUT2D eigenvalue weighted by Crippen LogP contribution is 2.81. The van der Waals surface area contributed by atoms with Gasteiger partial charge in [0, 0.05) is 0 Å². The van der Waals surface area contributed by atoms with Gasteiger partial charge in [-0.25, -0.2) is 0 Å². The van der Waals surface area contributed by atoms with Gasteiger partial charge in [0.25, 0.3) is 0 Å². The zero-order valence-electron chi connectivity index (χ0n) is 10.1. The molecule has 0 aliphatic carbocycles. The fourth-order valence-electron chi connectivity index (χ4n) is 1.32. The first kappa shape index (κ1) is 15.8. The molecule has 2 unspecified atom stereocenters. The Hall–Kier alpha value is -0.610. The van der Waals surface area contributed by atoms with E-state index in [1.54, 1.807) is 6.07 Å². The smallest absolute Gasteiger partial charge is 0.419 e. The van der Waals surface area contributed by atoms with Gasteiger partial charge in [-0.3, -0.25) is 0 Å². The third-order valence-electron chi connectivity index (χ3n) is 1.91. The van der Waals surface area contributed by atoms with Crippen molar-refractivity contribution in [2.75, 3.05) is 6.61 Å². The van der Waals surface area contributed by atoms with Crippen LogP contribution in [0.25, 0.3) is 0 Å². The minimum atomic E-state index is -5.49. The molecule has 2 rings (SSSR count). The fourth-order valence-corrected chi connectivity index (χ4v) is 7.35. The lowest BCUT2D eigenvalue weighted by atomic mass is 10.3. The number of nitrogens with zero attached hydrogens (tertiary/aromatic N) is 3. The van der Waals surface area contributed by atoms with Gasteiger partial charge in [0.05, 0.1) is 6.61 Å². The second kappa shape index (κ2) is 5.64. The second-order valence-electron chi connectivity index (χ2n) is 3.49. The van der Waals surface area contributed by atoms with Gasteiger partial charge in [-0.15, -0.1) is 26.1 Å². The van der Waals surface area contributed by atoms with Crippen LogP contribution in [0.1, 0.15) is 6.92 Å². The molecule has 112 valence electrons. The number of hydrogen-bond acceptors (Lipinski definition) is 5. The van der Waals surface area contributed by atoms with E-state index < -0.39 is 23.3 Å². The first-order valence-electron chi connectivity index (χ1n) is 5.35. The highest BCUT2D eigenvalue weighted by Gasteiger charge is 2.41. The van der Waals surface area contributed by atoms with E-state index >= 15 is 0 Å². The Balaban J connectivity index is 2.47.